The summed E-state index contributed by atoms with van der Waals surface area (Å²) in [7, 11) is 1.78. The van der Waals surface area contributed by atoms with E-state index in [1.54, 1.807) is 23.7 Å². The number of nitrogens with zero attached hydrogens (tertiary/aromatic N) is 4. The van der Waals surface area contributed by atoms with Crippen LogP contribution >= 0.6 is 0 Å². The number of carbonyl (C=O) groups is 1. The quantitative estimate of drug-likeness (QED) is 0.616. The summed E-state index contributed by atoms with van der Waals surface area (Å²) in [6.07, 6.45) is 1.51. The van der Waals surface area contributed by atoms with Crippen LogP contribution in [0.5, 0.6) is 5.88 Å². The van der Waals surface area contributed by atoms with Gasteiger partial charge in [0.1, 0.15) is 29.6 Å². The lowest BCUT2D eigenvalue weighted by Crippen LogP contribution is -2.36. The number of ether oxygens (including phenoxy) is 1. The molecule has 4 heterocycles. The van der Waals surface area contributed by atoms with Gasteiger partial charge in [-0.25, -0.2) is 4.98 Å². The highest BCUT2D eigenvalue weighted by Crippen LogP contribution is 2.22. The molecule has 25 heavy (non-hydrogen) atoms. The Morgan fingerprint density at radius 1 is 1.32 bits per heavy atom. The van der Waals surface area contributed by atoms with Crippen molar-refractivity contribution < 1.29 is 9.53 Å². The van der Waals surface area contributed by atoms with Crippen LogP contribution in [0.4, 0.5) is 17.5 Å². The second-order valence-corrected chi connectivity index (χ2v) is 5.74. The Morgan fingerprint density at radius 2 is 2.20 bits per heavy atom. The average Bonchev–Trinajstić information content (AvgIpc) is 3.03. The van der Waals surface area contributed by atoms with Crippen molar-refractivity contribution in [3.05, 3.63) is 36.0 Å². The first-order chi connectivity index (χ1) is 12.1. The molecule has 0 spiro atoms. The fraction of sp³-hybridized carbons (Fsp3) is 0.250. The van der Waals surface area contributed by atoms with E-state index in [9.17, 15) is 4.79 Å². The van der Waals surface area contributed by atoms with E-state index in [0.29, 0.717) is 41.2 Å². The van der Waals surface area contributed by atoms with E-state index in [4.69, 9.17) is 4.74 Å². The molecule has 1 amide bonds. The van der Waals surface area contributed by atoms with Gasteiger partial charge < -0.3 is 20.7 Å². The zero-order chi connectivity index (χ0) is 17.4. The minimum Gasteiger partial charge on any atom is -0.475 e. The number of aromatic nitrogens is 4. The van der Waals surface area contributed by atoms with Crippen LogP contribution in [0.15, 0.2) is 30.5 Å². The summed E-state index contributed by atoms with van der Waals surface area (Å²) in [5.74, 6) is 2.06. The van der Waals surface area contributed by atoms with Gasteiger partial charge in [-0.05, 0) is 13.0 Å². The zero-order valence-corrected chi connectivity index (χ0v) is 13.8. The smallest absolute Gasteiger partial charge is 0.257 e. The molecule has 9 heteroatoms. The summed E-state index contributed by atoms with van der Waals surface area (Å²) >= 11 is 0. The predicted molar refractivity (Wildman–Crippen MR) is 92.5 cm³/mol. The Bertz CT molecular complexity index is 953. The number of nitrogens with one attached hydrogen (secondary N) is 3. The number of pyridine rings is 1. The van der Waals surface area contributed by atoms with Crippen LogP contribution < -0.4 is 20.7 Å². The van der Waals surface area contributed by atoms with Crippen LogP contribution in [-0.4, -0.2) is 45.2 Å². The van der Waals surface area contributed by atoms with Gasteiger partial charge in [0.25, 0.3) is 5.91 Å². The van der Waals surface area contributed by atoms with Crippen LogP contribution in [0.3, 0.4) is 0 Å². The number of rotatable bonds is 1. The van der Waals surface area contributed by atoms with Crippen molar-refractivity contribution in [2.75, 3.05) is 24.3 Å². The molecule has 1 aliphatic heterocycles. The van der Waals surface area contributed by atoms with Crippen molar-refractivity contribution in [3.63, 3.8) is 0 Å². The fourth-order valence-electron chi connectivity index (χ4n) is 2.61. The summed E-state index contributed by atoms with van der Waals surface area (Å²) in [5, 5.41) is 13.4. The van der Waals surface area contributed by atoms with Gasteiger partial charge in [0.05, 0.1) is 12.2 Å². The molecule has 0 aromatic carbocycles. The van der Waals surface area contributed by atoms with E-state index in [2.05, 4.69) is 31.0 Å². The Kier molecular flexibility index (Phi) is 3.60. The molecule has 0 radical (unpaired) electrons. The monoisotopic (exact) mass is 339 g/mol. The molecule has 128 valence electrons. The van der Waals surface area contributed by atoms with Gasteiger partial charge in [0.2, 0.25) is 5.88 Å². The highest BCUT2D eigenvalue weighted by atomic mass is 16.5. The number of amides is 1. The number of anilines is 3. The van der Waals surface area contributed by atoms with Crippen LogP contribution in [0.2, 0.25) is 0 Å². The zero-order valence-electron chi connectivity index (χ0n) is 13.8. The Labute approximate surface area is 143 Å². The molecule has 4 rings (SSSR count). The van der Waals surface area contributed by atoms with Gasteiger partial charge in [-0.15, -0.1) is 0 Å². The van der Waals surface area contributed by atoms with Crippen molar-refractivity contribution in [1.82, 2.24) is 24.9 Å². The second-order valence-electron chi connectivity index (χ2n) is 5.74. The molecule has 0 fully saturated rings. The Balaban J connectivity index is 1.89. The van der Waals surface area contributed by atoms with Crippen LogP contribution in [0, 0.1) is 0 Å². The van der Waals surface area contributed by atoms with Crippen molar-refractivity contribution in [2.45, 2.75) is 13.0 Å². The average molecular weight is 339 g/mol. The highest BCUT2D eigenvalue weighted by molar-refractivity contribution is 6.00. The van der Waals surface area contributed by atoms with Crippen molar-refractivity contribution >= 4 is 29.0 Å². The van der Waals surface area contributed by atoms with E-state index in [-0.39, 0.29) is 11.9 Å². The van der Waals surface area contributed by atoms with Crippen LogP contribution in [-0.2, 0) is 0 Å². The standard InChI is InChI=1S/C16H17N7O2/c1-9-8-25-14-5-3-4-11(21-14)20-12-6-13(17-2)23-15(22-12)10(7-18-23)16(24)19-9/h3-7,9,17H,8H2,1-2H3,(H,19,24)(H,20,21,22). The normalized spacial score (nSPS) is 16.9. The Morgan fingerprint density at radius 3 is 3.04 bits per heavy atom. The lowest BCUT2D eigenvalue weighted by Gasteiger charge is -2.14. The van der Waals surface area contributed by atoms with E-state index < -0.39 is 0 Å². The maximum Gasteiger partial charge on any atom is 0.257 e. The number of carbonyl (C=O) groups excluding carboxylic acids is 1. The largest absolute Gasteiger partial charge is 0.475 e. The van der Waals surface area contributed by atoms with Crippen molar-refractivity contribution in [2.24, 2.45) is 0 Å². The third-order valence-electron chi connectivity index (χ3n) is 3.81. The summed E-state index contributed by atoms with van der Waals surface area (Å²) in [6, 6.07) is 7.02. The topological polar surface area (TPSA) is 105 Å². The molecular formula is C16H17N7O2. The lowest BCUT2D eigenvalue weighted by atomic mass is 10.2. The van der Waals surface area contributed by atoms with Gasteiger partial charge in [0, 0.05) is 19.2 Å². The third-order valence-corrected chi connectivity index (χ3v) is 3.81. The molecule has 1 aliphatic rings. The second kappa shape index (κ2) is 5.93. The van der Waals surface area contributed by atoms with Crippen molar-refractivity contribution in [1.29, 1.82) is 0 Å². The molecule has 1 atom stereocenters. The van der Waals surface area contributed by atoms with E-state index in [0.717, 1.165) is 0 Å². The lowest BCUT2D eigenvalue weighted by molar-refractivity contribution is 0.0927. The van der Waals surface area contributed by atoms with Gasteiger partial charge in [0.15, 0.2) is 5.65 Å². The molecule has 0 aliphatic carbocycles. The summed E-state index contributed by atoms with van der Waals surface area (Å²) in [6.45, 7) is 2.17. The number of fused-ring (bicyclic) bond motifs is 3. The number of hydrogen-bond donors (Lipinski definition) is 3. The molecule has 0 saturated heterocycles. The first kappa shape index (κ1) is 15.2. The van der Waals surface area contributed by atoms with E-state index >= 15 is 0 Å². The number of hydrogen-bond acceptors (Lipinski definition) is 7. The molecule has 3 aromatic heterocycles. The SMILES string of the molecule is CNc1cc2nc3c(cnn13)C(=O)NC(C)COc1cccc(n1)N2. The molecule has 1 unspecified atom stereocenters. The van der Waals surface area contributed by atoms with Crippen molar-refractivity contribution in [3.8, 4) is 5.88 Å². The maximum absolute atomic E-state index is 12.6. The molecule has 9 nitrogen and oxygen atoms in total. The fourth-order valence-corrected chi connectivity index (χ4v) is 2.61. The maximum atomic E-state index is 12.6. The Hall–Kier alpha value is -3.36. The molecule has 0 saturated carbocycles. The first-order valence-electron chi connectivity index (χ1n) is 7.88. The summed E-state index contributed by atoms with van der Waals surface area (Å²) in [4.78, 5) is 21.5. The summed E-state index contributed by atoms with van der Waals surface area (Å²) < 4.78 is 7.25. The highest BCUT2D eigenvalue weighted by Gasteiger charge is 2.19. The third kappa shape index (κ3) is 2.80. The van der Waals surface area contributed by atoms with Crippen LogP contribution in [0.25, 0.3) is 5.65 Å². The van der Waals surface area contributed by atoms with E-state index in [1.165, 1.54) is 6.20 Å². The molecule has 4 bridgehead atoms. The molecular weight excluding hydrogens is 322 g/mol. The first-order valence-corrected chi connectivity index (χ1v) is 7.88. The molecule has 3 N–H and O–H groups in total. The minimum atomic E-state index is -0.253. The van der Waals surface area contributed by atoms with Gasteiger partial charge in [-0.2, -0.15) is 14.6 Å². The van der Waals surface area contributed by atoms with Crippen LogP contribution in [0.1, 0.15) is 17.3 Å². The summed E-state index contributed by atoms with van der Waals surface area (Å²) in [5.41, 5.74) is 0.848. The molecule has 3 aromatic rings. The van der Waals surface area contributed by atoms with E-state index in [1.807, 2.05) is 19.1 Å². The van der Waals surface area contributed by atoms with Gasteiger partial charge >= 0.3 is 0 Å². The van der Waals surface area contributed by atoms with Gasteiger partial charge in [-0.3, -0.25) is 4.79 Å². The minimum absolute atomic E-state index is 0.200. The van der Waals surface area contributed by atoms with Gasteiger partial charge in [-0.1, -0.05) is 6.07 Å². The predicted octanol–water partition coefficient (Wildman–Crippen LogP) is 1.42.